The van der Waals surface area contributed by atoms with Crippen LogP contribution in [0.5, 0.6) is 0 Å². The minimum absolute atomic E-state index is 0. The Balaban J connectivity index is 0.00000256. The summed E-state index contributed by atoms with van der Waals surface area (Å²) >= 11 is 5.68. The Kier molecular flexibility index (Phi) is 7.87. The zero-order valence-corrected chi connectivity index (χ0v) is 11.0. The molecule has 96 valence electrons. The highest BCUT2D eigenvalue weighted by molar-refractivity contribution is 6.34. The fraction of sp³-hybridized carbons (Fsp3) is 0.364. The van der Waals surface area contributed by atoms with Crippen LogP contribution in [-0.2, 0) is 0 Å². The molecule has 0 aliphatic rings. The quantitative estimate of drug-likeness (QED) is 0.813. The molecule has 0 aliphatic heterocycles. The summed E-state index contributed by atoms with van der Waals surface area (Å²) in [5.74, 6) is -0.941. The molecule has 0 saturated heterocycles. The van der Waals surface area contributed by atoms with Gasteiger partial charge in [-0.25, -0.2) is 4.39 Å². The van der Waals surface area contributed by atoms with Gasteiger partial charge < -0.3 is 10.6 Å². The van der Waals surface area contributed by atoms with E-state index in [4.69, 9.17) is 11.6 Å². The van der Waals surface area contributed by atoms with Crippen molar-refractivity contribution < 1.29 is 9.18 Å². The lowest BCUT2D eigenvalue weighted by Crippen LogP contribution is -2.31. The van der Waals surface area contributed by atoms with Gasteiger partial charge in [0.05, 0.1) is 10.6 Å². The Morgan fingerprint density at radius 3 is 2.76 bits per heavy atom. The monoisotopic (exact) mass is 280 g/mol. The topological polar surface area (TPSA) is 41.1 Å². The van der Waals surface area contributed by atoms with Crippen molar-refractivity contribution in [2.24, 2.45) is 0 Å². The molecule has 6 heteroatoms. The number of halogens is 3. The third-order valence-corrected chi connectivity index (χ3v) is 2.42. The zero-order valence-electron chi connectivity index (χ0n) is 9.43. The lowest BCUT2D eigenvalue weighted by Gasteiger charge is -2.07. The smallest absolute Gasteiger partial charge is 0.252 e. The normalized spacial score (nSPS) is 9.59. The van der Waals surface area contributed by atoms with Gasteiger partial charge in [0.25, 0.3) is 5.91 Å². The number of nitrogens with one attached hydrogen (secondary N) is 2. The second kappa shape index (κ2) is 8.28. The summed E-state index contributed by atoms with van der Waals surface area (Å²) in [6.07, 6.45) is 0. The van der Waals surface area contributed by atoms with Gasteiger partial charge in [-0.05, 0) is 18.7 Å². The second-order valence-corrected chi connectivity index (χ2v) is 3.59. The molecule has 2 N–H and O–H groups in total. The fourth-order valence-corrected chi connectivity index (χ4v) is 1.43. The molecule has 3 nitrogen and oxygen atoms in total. The molecule has 0 atom stereocenters. The molecule has 0 bridgehead atoms. The highest BCUT2D eigenvalue weighted by Gasteiger charge is 2.12. The van der Waals surface area contributed by atoms with Crippen molar-refractivity contribution >= 4 is 29.9 Å². The van der Waals surface area contributed by atoms with Crippen LogP contribution >= 0.6 is 24.0 Å². The number of likely N-dealkylation sites (N-methyl/N-ethyl adjacent to an activating group) is 1. The number of amides is 1. The van der Waals surface area contributed by atoms with Gasteiger partial charge in [0.15, 0.2) is 0 Å². The molecule has 0 heterocycles. The Hall–Kier alpha value is -0.840. The van der Waals surface area contributed by atoms with E-state index in [2.05, 4.69) is 10.6 Å². The second-order valence-electron chi connectivity index (χ2n) is 3.21. The standard InChI is InChI=1S/C11H14ClFN2O.ClH/c1-2-14-6-7-15-11(16)8-4-3-5-9(13)10(8)12;/h3-5,14H,2,6-7H2,1H3,(H,15,16);1H. The molecule has 17 heavy (non-hydrogen) atoms. The summed E-state index contributed by atoms with van der Waals surface area (Å²) < 4.78 is 13.1. The first-order valence-electron chi connectivity index (χ1n) is 5.09. The van der Waals surface area contributed by atoms with E-state index in [1.807, 2.05) is 6.92 Å². The van der Waals surface area contributed by atoms with Gasteiger partial charge >= 0.3 is 0 Å². The molecule has 1 rings (SSSR count). The fourth-order valence-electron chi connectivity index (χ4n) is 1.22. The van der Waals surface area contributed by atoms with Gasteiger partial charge in [0.1, 0.15) is 5.82 Å². The van der Waals surface area contributed by atoms with Crippen molar-refractivity contribution in [3.63, 3.8) is 0 Å². The highest BCUT2D eigenvalue weighted by atomic mass is 35.5. The van der Waals surface area contributed by atoms with Gasteiger partial charge in [0, 0.05) is 13.1 Å². The molecule has 1 aromatic rings. The molecule has 0 aromatic heterocycles. The van der Waals surface area contributed by atoms with Crippen molar-refractivity contribution in [3.05, 3.63) is 34.6 Å². The lowest BCUT2D eigenvalue weighted by molar-refractivity contribution is 0.0953. The van der Waals surface area contributed by atoms with Crippen LogP contribution in [0.4, 0.5) is 4.39 Å². The Morgan fingerprint density at radius 1 is 1.41 bits per heavy atom. The number of hydrogen-bond donors (Lipinski definition) is 2. The Bertz CT molecular complexity index is 374. The van der Waals surface area contributed by atoms with Crippen molar-refractivity contribution in [1.29, 1.82) is 0 Å². The number of benzene rings is 1. The molecule has 0 spiro atoms. The van der Waals surface area contributed by atoms with Gasteiger partial charge in [-0.3, -0.25) is 4.79 Å². The van der Waals surface area contributed by atoms with Crippen LogP contribution < -0.4 is 10.6 Å². The summed E-state index contributed by atoms with van der Waals surface area (Å²) in [5, 5.41) is 5.57. The van der Waals surface area contributed by atoms with Gasteiger partial charge in [-0.15, -0.1) is 12.4 Å². The molecular formula is C11H15Cl2FN2O. The molecule has 1 amide bonds. The van der Waals surface area contributed by atoms with Crippen LogP contribution in [0.15, 0.2) is 18.2 Å². The predicted octanol–water partition coefficient (Wildman–Crippen LogP) is 2.24. The summed E-state index contributed by atoms with van der Waals surface area (Å²) in [5.41, 5.74) is 0.165. The van der Waals surface area contributed by atoms with E-state index < -0.39 is 5.82 Å². The minimum Gasteiger partial charge on any atom is -0.351 e. The summed E-state index contributed by atoms with van der Waals surface area (Å²) in [6.45, 7) is 3.98. The van der Waals surface area contributed by atoms with E-state index in [1.165, 1.54) is 18.2 Å². The number of rotatable bonds is 5. The summed E-state index contributed by atoms with van der Waals surface area (Å²) in [7, 11) is 0. The first-order chi connectivity index (χ1) is 7.66. The molecule has 1 aromatic carbocycles. The van der Waals surface area contributed by atoms with Crippen molar-refractivity contribution in [3.8, 4) is 0 Å². The summed E-state index contributed by atoms with van der Waals surface area (Å²) in [6, 6.07) is 4.17. The van der Waals surface area contributed by atoms with Crippen LogP contribution in [0.1, 0.15) is 17.3 Å². The predicted molar refractivity (Wildman–Crippen MR) is 69.5 cm³/mol. The van der Waals surface area contributed by atoms with Crippen LogP contribution in [0.25, 0.3) is 0 Å². The maximum atomic E-state index is 13.1. The molecule has 0 radical (unpaired) electrons. The van der Waals surface area contributed by atoms with Crippen molar-refractivity contribution in [1.82, 2.24) is 10.6 Å². The van der Waals surface area contributed by atoms with Crippen LogP contribution in [0, 0.1) is 5.82 Å². The van der Waals surface area contributed by atoms with Crippen molar-refractivity contribution in [2.75, 3.05) is 19.6 Å². The third-order valence-electron chi connectivity index (χ3n) is 2.03. The third kappa shape index (κ3) is 4.89. The Morgan fingerprint density at radius 2 is 2.12 bits per heavy atom. The largest absolute Gasteiger partial charge is 0.351 e. The summed E-state index contributed by atoms with van der Waals surface area (Å²) in [4.78, 5) is 11.6. The zero-order chi connectivity index (χ0) is 12.0. The van der Waals surface area contributed by atoms with E-state index in [-0.39, 0.29) is 28.9 Å². The van der Waals surface area contributed by atoms with E-state index in [9.17, 15) is 9.18 Å². The number of carbonyl (C=O) groups is 1. The molecule has 0 aliphatic carbocycles. The molecule has 0 saturated carbocycles. The minimum atomic E-state index is -0.582. The maximum absolute atomic E-state index is 13.1. The van der Waals surface area contributed by atoms with Crippen molar-refractivity contribution in [2.45, 2.75) is 6.92 Å². The molecular weight excluding hydrogens is 266 g/mol. The van der Waals surface area contributed by atoms with Gasteiger partial charge in [-0.2, -0.15) is 0 Å². The van der Waals surface area contributed by atoms with E-state index in [0.29, 0.717) is 13.1 Å². The van der Waals surface area contributed by atoms with E-state index >= 15 is 0 Å². The van der Waals surface area contributed by atoms with E-state index in [1.54, 1.807) is 0 Å². The number of hydrogen-bond acceptors (Lipinski definition) is 2. The highest BCUT2D eigenvalue weighted by Crippen LogP contribution is 2.19. The van der Waals surface area contributed by atoms with E-state index in [0.717, 1.165) is 6.54 Å². The first-order valence-corrected chi connectivity index (χ1v) is 5.47. The number of carbonyl (C=O) groups excluding carboxylic acids is 1. The Labute approximate surface area is 111 Å². The lowest BCUT2D eigenvalue weighted by atomic mass is 10.2. The van der Waals surface area contributed by atoms with Crippen LogP contribution in [0.3, 0.4) is 0 Å². The van der Waals surface area contributed by atoms with Crippen LogP contribution in [0.2, 0.25) is 5.02 Å². The SMILES string of the molecule is CCNCCNC(=O)c1cccc(F)c1Cl.Cl. The average molecular weight is 281 g/mol. The molecule has 0 fully saturated rings. The molecule has 0 unspecified atom stereocenters. The van der Waals surface area contributed by atoms with Gasteiger partial charge in [0.2, 0.25) is 0 Å². The first kappa shape index (κ1) is 16.2. The average Bonchev–Trinajstić information content (AvgIpc) is 2.28. The van der Waals surface area contributed by atoms with Gasteiger partial charge in [-0.1, -0.05) is 24.6 Å². The van der Waals surface area contributed by atoms with Crippen LogP contribution in [-0.4, -0.2) is 25.5 Å². The maximum Gasteiger partial charge on any atom is 0.252 e.